The largest absolute Gasteiger partial charge is 0.487 e. The third-order valence-electron chi connectivity index (χ3n) is 4.66. The molecule has 6 heteroatoms. The molecule has 132 valence electrons. The van der Waals surface area contributed by atoms with E-state index in [0.717, 1.165) is 6.07 Å². The van der Waals surface area contributed by atoms with Crippen molar-refractivity contribution < 1.29 is 18.3 Å². The van der Waals surface area contributed by atoms with Gasteiger partial charge in [0.1, 0.15) is 35.2 Å². The highest BCUT2D eigenvalue weighted by Gasteiger charge is 2.32. The Bertz CT molecular complexity index is 1230. The van der Waals surface area contributed by atoms with Gasteiger partial charge in [0.2, 0.25) is 0 Å². The normalized spacial score (nSPS) is 12.3. The Kier molecular flexibility index (Phi) is 3.33. The molecule has 0 unspecified atom stereocenters. The molecular weight excluding hydrogens is 350 g/mol. The van der Waals surface area contributed by atoms with Gasteiger partial charge in [0.25, 0.3) is 5.91 Å². The van der Waals surface area contributed by atoms with E-state index < -0.39 is 11.6 Å². The van der Waals surface area contributed by atoms with Crippen molar-refractivity contribution >= 4 is 16.8 Å². The van der Waals surface area contributed by atoms with E-state index in [2.05, 4.69) is 4.98 Å². The highest BCUT2D eigenvalue weighted by molar-refractivity contribution is 6.13. The van der Waals surface area contributed by atoms with Crippen LogP contribution in [0.2, 0.25) is 0 Å². The van der Waals surface area contributed by atoms with Crippen LogP contribution in [0.5, 0.6) is 5.75 Å². The zero-order valence-corrected chi connectivity index (χ0v) is 13.9. The van der Waals surface area contributed by atoms with E-state index in [0.29, 0.717) is 33.6 Å². The number of pyridine rings is 1. The van der Waals surface area contributed by atoms with Crippen molar-refractivity contribution in [2.45, 2.75) is 6.61 Å². The second-order valence-corrected chi connectivity index (χ2v) is 6.27. The molecule has 0 radical (unpaired) electrons. The number of rotatable bonds is 3. The van der Waals surface area contributed by atoms with Crippen molar-refractivity contribution in [2.24, 2.45) is 0 Å². The van der Waals surface area contributed by atoms with Crippen molar-refractivity contribution in [2.75, 3.05) is 0 Å². The molecular formula is C21H12F2N2O2. The molecule has 2 aromatic carbocycles. The summed E-state index contributed by atoms with van der Waals surface area (Å²) >= 11 is 0. The van der Waals surface area contributed by atoms with Crippen LogP contribution in [0.15, 0.2) is 60.8 Å². The van der Waals surface area contributed by atoms with Crippen LogP contribution >= 0.6 is 0 Å². The van der Waals surface area contributed by atoms with Gasteiger partial charge < -0.3 is 4.74 Å². The smallest absolute Gasteiger partial charge is 0.268 e. The lowest BCUT2D eigenvalue weighted by molar-refractivity contribution is 0.0965. The van der Waals surface area contributed by atoms with Gasteiger partial charge in [-0.25, -0.2) is 13.8 Å². The number of nitrogens with zero attached hydrogens (tertiary/aromatic N) is 2. The quantitative estimate of drug-likeness (QED) is 0.472. The van der Waals surface area contributed by atoms with Crippen LogP contribution in [0.3, 0.4) is 0 Å². The lowest BCUT2D eigenvalue weighted by Crippen LogP contribution is -2.08. The van der Waals surface area contributed by atoms with Crippen LogP contribution in [0.25, 0.3) is 22.3 Å². The third kappa shape index (κ3) is 2.33. The van der Waals surface area contributed by atoms with E-state index in [1.807, 2.05) is 24.3 Å². The maximum Gasteiger partial charge on any atom is 0.268 e. The number of benzene rings is 2. The van der Waals surface area contributed by atoms with Gasteiger partial charge in [0.15, 0.2) is 0 Å². The zero-order valence-electron chi connectivity index (χ0n) is 13.9. The summed E-state index contributed by atoms with van der Waals surface area (Å²) in [6, 6.07) is 14.2. The molecule has 5 rings (SSSR count). The third-order valence-corrected chi connectivity index (χ3v) is 4.66. The molecule has 0 amide bonds. The molecule has 4 aromatic rings. The van der Waals surface area contributed by atoms with Gasteiger partial charge in [-0.15, -0.1) is 0 Å². The van der Waals surface area contributed by atoms with E-state index in [1.54, 1.807) is 18.3 Å². The maximum atomic E-state index is 14.0. The Balaban J connectivity index is 1.66. The fourth-order valence-electron chi connectivity index (χ4n) is 3.38. The van der Waals surface area contributed by atoms with Crippen LogP contribution in [-0.2, 0) is 6.61 Å². The number of para-hydroxylation sites is 1. The minimum atomic E-state index is -0.692. The van der Waals surface area contributed by atoms with E-state index in [1.165, 1.54) is 16.7 Å². The molecule has 4 nitrogen and oxygen atoms in total. The lowest BCUT2D eigenvalue weighted by atomic mass is 10.1. The SMILES string of the molecule is O=C1c2c(nc3ccccc3c2OCc2ccc(F)cc2F)-c2cccn21. The Morgan fingerprint density at radius 1 is 1.04 bits per heavy atom. The monoisotopic (exact) mass is 362 g/mol. The average Bonchev–Trinajstić information content (AvgIpc) is 3.24. The molecule has 0 aliphatic carbocycles. The van der Waals surface area contributed by atoms with E-state index in [9.17, 15) is 13.6 Å². The second kappa shape index (κ2) is 5.74. The Morgan fingerprint density at radius 2 is 1.89 bits per heavy atom. The minimum Gasteiger partial charge on any atom is -0.487 e. The maximum absolute atomic E-state index is 14.0. The van der Waals surface area contributed by atoms with Crippen LogP contribution in [0.4, 0.5) is 8.78 Å². The lowest BCUT2D eigenvalue weighted by Gasteiger charge is -2.13. The molecule has 0 spiro atoms. The molecule has 0 bridgehead atoms. The summed E-state index contributed by atoms with van der Waals surface area (Å²) in [7, 11) is 0. The van der Waals surface area contributed by atoms with Crippen molar-refractivity contribution in [1.82, 2.24) is 9.55 Å². The molecule has 0 atom stereocenters. The summed E-state index contributed by atoms with van der Waals surface area (Å²) < 4.78 is 34.5. The van der Waals surface area contributed by atoms with E-state index in [4.69, 9.17) is 4.74 Å². The molecule has 1 aliphatic heterocycles. The number of ether oxygens (including phenoxy) is 1. The summed E-state index contributed by atoms with van der Waals surface area (Å²) in [5.74, 6) is -1.23. The van der Waals surface area contributed by atoms with Crippen LogP contribution in [0.1, 0.15) is 15.9 Å². The number of aromatic nitrogens is 2. The van der Waals surface area contributed by atoms with Crippen LogP contribution in [0, 0.1) is 11.6 Å². The number of carbonyl (C=O) groups excluding carboxylic acids is 1. The fourth-order valence-corrected chi connectivity index (χ4v) is 3.38. The van der Waals surface area contributed by atoms with Crippen LogP contribution < -0.4 is 4.74 Å². The summed E-state index contributed by atoms with van der Waals surface area (Å²) in [4.78, 5) is 17.5. The molecule has 1 aliphatic rings. The summed E-state index contributed by atoms with van der Waals surface area (Å²) in [5, 5.41) is 0.665. The van der Waals surface area contributed by atoms with Gasteiger partial charge in [0, 0.05) is 23.2 Å². The highest BCUT2D eigenvalue weighted by atomic mass is 19.1. The molecule has 0 fully saturated rings. The molecule has 0 saturated carbocycles. The van der Waals surface area contributed by atoms with Crippen molar-refractivity contribution in [3.8, 4) is 17.1 Å². The summed E-state index contributed by atoms with van der Waals surface area (Å²) in [6.45, 7) is -0.130. The first-order chi connectivity index (χ1) is 13.1. The number of halogens is 2. The van der Waals surface area contributed by atoms with Gasteiger partial charge in [-0.3, -0.25) is 9.36 Å². The first-order valence-corrected chi connectivity index (χ1v) is 8.35. The van der Waals surface area contributed by atoms with Crippen molar-refractivity contribution in [3.05, 3.63) is 83.6 Å². The highest BCUT2D eigenvalue weighted by Crippen LogP contribution is 2.41. The van der Waals surface area contributed by atoms with Gasteiger partial charge >= 0.3 is 0 Å². The number of fused-ring (bicyclic) bond motifs is 4. The summed E-state index contributed by atoms with van der Waals surface area (Å²) in [5.41, 5.74) is 2.47. The molecule has 0 saturated heterocycles. The Morgan fingerprint density at radius 3 is 2.74 bits per heavy atom. The molecule has 0 N–H and O–H groups in total. The fraction of sp³-hybridized carbons (Fsp3) is 0.0476. The molecule has 3 heterocycles. The first-order valence-electron chi connectivity index (χ1n) is 8.35. The Labute approximate surface area is 152 Å². The van der Waals surface area contributed by atoms with Gasteiger partial charge in [-0.1, -0.05) is 12.1 Å². The number of hydrogen-bond donors (Lipinski definition) is 0. The van der Waals surface area contributed by atoms with E-state index in [-0.39, 0.29) is 18.1 Å². The Hall–Kier alpha value is -3.54. The predicted molar refractivity (Wildman–Crippen MR) is 95.6 cm³/mol. The van der Waals surface area contributed by atoms with E-state index >= 15 is 0 Å². The van der Waals surface area contributed by atoms with Crippen molar-refractivity contribution in [3.63, 3.8) is 0 Å². The predicted octanol–water partition coefficient (Wildman–Crippen LogP) is 4.56. The van der Waals surface area contributed by atoms with Gasteiger partial charge in [-0.2, -0.15) is 0 Å². The van der Waals surface area contributed by atoms with Crippen molar-refractivity contribution in [1.29, 1.82) is 0 Å². The topological polar surface area (TPSA) is 44.1 Å². The van der Waals surface area contributed by atoms with Gasteiger partial charge in [-0.05, 0) is 36.4 Å². The average molecular weight is 362 g/mol. The standard InChI is InChI=1S/C21H12F2N2O2/c22-13-8-7-12(15(23)10-13)11-27-20-14-4-1-2-5-16(14)24-19-17-6-3-9-25(17)21(26)18(19)20/h1-10H,11H2. The first kappa shape index (κ1) is 15.7. The second-order valence-electron chi connectivity index (χ2n) is 6.27. The summed E-state index contributed by atoms with van der Waals surface area (Å²) in [6.07, 6.45) is 1.67. The minimum absolute atomic E-state index is 0.130. The zero-order chi connectivity index (χ0) is 18.5. The number of hydrogen-bond acceptors (Lipinski definition) is 3. The molecule has 27 heavy (non-hydrogen) atoms. The molecule has 2 aromatic heterocycles. The number of carbonyl (C=O) groups is 1. The van der Waals surface area contributed by atoms with Crippen LogP contribution in [-0.4, -0.2) is 15.5 Å². The van der Waals surface area contributed by atoms with Gasteiger partial charge in [0.05, 0.1) is 11.2 Å².